The summed E-state index contributed by atoms with van der Waals surface area (Å²) < 4.78 is 62.0. The molecule has 114 valence electrons. The molecule has 0 heterocycles. The Hall–Kier alpha value is -1.12. The smallest absolute Gasteiger partial charge is 0.387 e. The van der Waals surface area contributed by atoms with Gasteiger partial charge in [-0.05, 0) is 24.1 Å². The van der Waals surface area contributed by atoms with Gasteiger partial charge in [-0.3, -0.25) is 0 Å². The van der Waals surface area contributed by atoms with Gasteiger partial charge in [0.15, 0.2) is 0 Å². The normalized spacial score (nSPS) is 14.2. The molecule has 0 fully saturated rings. The lowest BCUT2D eigenvalue weighted by Crippen LogP contribution is -2.30. The fourth-order valence-corrected chi connectivity index (χ4v) is 2.65. The van der Waals surface area contributed by atoms with Crippen molar-refractivity contribution in [1.82, 2.24) is 4.72 Å². The number of benzene rings is 1. The fourth-order valence-electron chi connectivity index (χ4n) is 1.56. The van der Waals surface area contributed by atoms with Crippen LogP contribution in [0.4, 0.5) is 13.2 Å². The third kappa shape index (κ3) is 5.10. The number of alkyl halides is 3. The molecular formula is C12H16F3NO3S. The topological polar surface area (TPSA) is 66.4 Å². The highest BCUT2D eigenvalue weighted by molar-refractivity contribution is 7.89. The number of hydrogen-bond donors (Lipinski definition) is 2. The van der Waals surface area contributed by atoms with E-state index in [0.717, 1.165) is 24.3 Å². The zero-order valence-corrected chi connectivity index (χ0v) is 11.6. The second-order valence-corrected chi connectivity index (χ2v) is 6.23. The van der Waals surface area contributed by atoms with Crippen LogP contribution in [0, 0.1) is 0 Å². The summed E-state index contributed by atoms with van der Waals surface area (Å²) in [5.74, 6) is -0.0628. The lowest BCUT2D eigenvalue weighted by molar-refractivity contribution is -0.137. The van der Waals surface area contributed by atoms with E-state index in [-0.39, 0.29) is 17.9 Å². The molecule has 1 aromatic rings. The van der Waals surface area contributed by atoms with Gasteiger partial charge < -0.3 is 5.11 Å². The zero-order valence-electron chi connectivity index (χ0n) is 10.8. The van der Waals surface area contributed by atoms with Crippen LogP contribution >= 0.6 is 0 Å². The molecule has 0 aromatic heterocycles. The van der Waals surface area contributed by atoms with Crippen LogP contribution in [-0.4, -0.2) is 25.8 Å². The lowest BCUT2D eigenvalue weighted by Gasteiger charge is -2.13. The first kappa shape index (κ1) is 16.9. The minimum Gasteiger partial charge on any atom is -0.387 e. The highest BCUT2D eigenvalue weighted by atomic mass is 32.2. The maximum absolute atomic E-state index is 12.4. The highest BCUT2D eigenvalue weighted by Gasteiger charge is 2.30. The Kier molecular flexibility index (Phi) is 5.55. The van der Waals surface area contributed by atoms with Crippen LogP contribution in [0.1, 0.15) is 30.6 Å². The Labute approximate surface area is 115 Å². The second-order valence-electron chi connectivity index (χ2n) is 4.30. The monoisotopic (exact) mass is 311 g/mol. The van der Waals surface area contributed by atoms with Crippen LogP contribution in [0.3, 0.4) is 0 Å². The van der Waals surface area contributed by atoms with E-state index < -0.39 is 27.9 Å². The van der Waals surface area contributed by atoms with E-state index in [9.17, 15) is 26.7 Å². The SMILES string of the molecule is CCCS(=O)(=O)NCC(O)c1ccc(C(F)(F)F)cc1. The van der Waals surface area contributed by atoms with Gasteiger partial charge in [0.05, 0.1) is 17.4 Å². The molecular weight excluding hydrogens is 295 g/mol. The summed E-state index contributed by atoms with van der Waals surface area (Å²) in [6.45, 7) is 1.43. The van der Waals surface area contributed by atoms with Gasteiger partial charge in [0, 0.05) is 6.54 Å². The van der Waals surface area contributed by atoms with E-state index in [4.69, 9.17) is 0 Å². The van der Waals surface area contributed by atoms with E-state index in [1.54, 1.807) is 6.92 Å². The van der Waals surface area contributed by atoms with E-state index in [2.05, 4.69) is 4.72 Å². The predicted octanol–water partition coefficient (Wildman–Crippen LogP) is 2.07. The molecule has 0 spiro atoms. The van der Waals surface area contributed by atoms with Crippen molar-refractivity contribution in [3.05, 3.63) is 35.4 Å². The average molecular weight is 311 g/mol. The summed E-state index contributed by atoms with van der Waals surface area (Å²) in [5, 5.41) is 9.74. The van der Waals surface area contributed by atoms with Crippen molar-refractivity contribution in [3.8, 4) is 0 Å². The Morgan fingerprint density at radius 1 is 1.25 bits per heavy atom. The van der Waals surface area contributed by atoms with Gasteiger partial charge in [0.1, 0.15) is 0 Å². The molecule has 0 saturated carbocycles. The summed E-state index contributed by atoms with van der Waals surface area (Å²) in [5.41, 5.74) is -0.600. The molecule has 8 heteroatoms. The molecule has 0 bridgehead atoms. The van der Waals surface area contributed by atoms with Crippen LogP contribution in [0.15, 0.2) is 24.3 Å². The average Bonchev–Trinajstić information content (AvgIpc) is 2.35. The molecule has 0 aliphatic heterocycles. The summed E-state index contributed by atoms with van der Waals surface area (Å²) in [4.78, 5) is 0. The van der Waals surface area contributed by atoms with Crippen molar-refractivity contribution in [2.24, 2.45) is 0 Å². The van der Waals surface area contributed by atoms with Gasteiger partial charge in [0.2, 0.25) is 10.0 Å². The molecule has 0 aliphatic carbocycles. The Morgan fingerprint density at radius 3 is 2.25 bits per heavy atom. The Bertz CT molecular complexity index is 526. The van der Waals surface area contributed by atoms with Crippen molar-refractivity contribution in [1.29, 1.82) is 0 Å². The molecule has 20 heavy (non-hydrogen) atoms. The van der Waals surface area contributed by atoms with Crippen LogP contribution in [-0.2, 0) is 16.2 Å². The molecule has 1 unspecified atom stereocenters. The van der Waals surface area contributed by atoms with Gasteiger partial charge in [-0.15, -0.1) is 0 Å². The first-order valence-corrected chi connectivity index (χ1v) is 7.63. The number of nitrogens with one attached hydrogen (secondary N) is 1. The summed E-state index contributed by atoms with van der Waals surface area (Å²) in [6.07, 6.45) is -5.19. The summed E-state index contributed by atoms with van der Waals surface area (Å²) in [7, 11) is -3.46. The molecule has 1 atom stereocenters. The Morgan fingerprint density at radius 2 is 1.80 bits per heavy atom. The van der Waals surface area contributed by atoms with Gasteiger partial charge >= 0.3 is 6.18 Å². The lowest BCUT2D eigenvalue weighted by atomic mass is 10.1. The van der Waals surface area contributed by atoms with Crippen LogP contribution < -0.4 is 4.72 Å². The highest BCUT2D eigenvalue weighted by Crippen LogP contribution is 2.29. The zero-order chi connectivity index (χ0) is 15.4. The predicted molar refractivity (Wildman–Crippen MR) is 68.5 cm³/mol. The molecule has 0 saturated heterocycles. The minimum atomic E-state index is -4.44. The number of halogens is 3. The van der Waals surface area contributed by atoms with E-state index in [1.807, 2.05) is 0 Å². The van der Waals surface area contributed by atoms with Crippen molar-refractivity contribution < 1.29 is 26.7 Å². The fraction of sp³-hybridized carbons (Fsp3) is 0.500. The first-order valence-electron chi connectivity index (χ1n) is 5.98. The van der Waals surface area contributed by atoms with E-state index in [0.29, 0.717) is 6.42 Å². The third-order valence-electron chi connectivity index (χ3n) is 2.59. The largest absolute Gasteiger partial charge is 0.416 e. The molecule has 0 amide bonds. The van der Waals surface area contributed by atoms with Crippen molar-refractivity contribution in [2.45, 2.75) is 25.6 Å². The van der Waals surface area contributed by atoms with E-state index in [1.165, 1.54) is 0 Å². The molecule has 0 aliphatic rings. The third-order valence-corrected chi connectivity index (χ3v) is 4.14. The van der Waals surface area contributed by atoms with Gasteiger partial charge in [-0.25, -0.2) is 13.1 Å². The van der Waals surface area contributed by atoms with Crippen LogP contribution in [0.2, 0.25) is 0 Å². The molecule has 0 radical (unpaired) electrons. The van der Waals surface area contributed by atoms with Gasteiger partial charge in [-0.1, -0.05) is 19.1 Å². The maximum atomic E-state index is 12.4. The number of aliphatic hydroxyl groups is 1. The summed E-state index contributed by atoms with van der Waals surface area (Å²) >= 11 is 0. The molecule has 4 nitrogen and oxygen atoms in total. The first-order chi connectivity index (χ1) is 9.15. The number of aliphatic hydroxyl groups excluding tert-OH is 1. The maximum Gasteiger partial charge on any atom is 0.416 e. The second kappa shape index (κ2) is 6.55. The van der Waals surface area contributed by atoms with Crippen molar-refractivity contribution in [2.75, 3.05) is 12.3 Å². The van der Waals surface area contributed by atoms with Crippen LogP contribution in [0.5, 0.6) is 0 Å². The van der Waals surface area contributed by atoms with E-state index >= 15 is 0 Å². The van der Waals surface area contributed by atoms with Crippen molar-refractivity contribution in [3.63, 3.8) is 0 Å². The number of rotatable bonds is 6. The molecule has 2 N–H and O–H groups in total. The molecule has 1 rings (SSSR count). The summed E-state index contributed by atoms with van der Waals surface area (Å²) in [6, 6.07) is 3.95. The molecule has 1 aromatic carbocycles. The standard InChI is InChI=1S/C12H16F3NO3S/c1-2-7-20(18,19)16-8-11(17)9-3-5-10(6-4-9)12(13,14)15/h3-6,11,16-17H,2,7-8H2,1H3. The quantitative estimate of drug-likeness (QED) is 0.845. The van der Waals surface area contributed by atoms with Gasteiger partial charge in [0.25, 0.3) is 0 Å². The minimum absolute atomic E-state index is 0.0628. The number of hydrogen-bond acceptors (Lipinski definition) is 3. The van der Waals surface area contributed by atoms with Crippen molar-refractivity contribution >= 4 is 10.0 Å². The number of sulfonamides is 1. The van der Waals surface area contributed by atoms with Gasteiger partial charge in [-0.2, -0.15) is 13.2 Å². The van der Waals surface area contributed by atoms with Crippen LogP contribution in [0.25, 0.3) is 0 Å². The Balaban J connectivity index is 2.67.